The summed E-state index contributed by atoms with van der Waals surface area (Å²) < 4.78 is 0. The Balaban J connectivity index is 2.10. The molecule has 2 unspecified atom stereocenters. The normalized spacial score (nSPS) is 24.3. The highest BCUT2D eigenvalue weighted by molar-refractivity contribution is 7.12. The van der Waals surface area contributed by atoms with Crippen LogP contribution in [0.2, 0.25) is 0 Å². The smallest absolute Gasteiger partial charge is 0.264 e. The molecule has 0 bridgehead atoms. The van der Waals surface area contributed by atoms with Crippen molar-refractivity contribution in [3.05, 3.63) is 21.9 Å². The van der Waals surface area contributed by atoms with Crippen LogP contribution in [0, 0.1) is 11.8 Å². The number of hydrogen-bond donors (Lipinski definition) is 1. The monoisotopic (exact) mass is 266 g/mol. The van der Waals surface area contributed by atoms with E-state index in [4.69, 9.17) is 5.73 Å². The first-order chi connectivity index (χ1) is 8.67. The Labute approximate surface area is 113 Å². The lowest BCUT2D eigenvalue weighted by molar-refractivity contribution is 0.0622. The molecule has 2 atom stereocenters. The number of rotatable bonds is 3. The van der Waals surface area contributed by atoms with Gasteiger partial charge in [-0.1, -0.05) is 13.8 Å². The van der Waals surface area contributed by atoms with E-state index in [0.29, 0.717) is 18.4 Å². The fraction of sp³-hybridized carbons (Fsp3) is 0.643. The highest BCUT2D eigenvalue weighted by Gasteiger charge is 2.29. The Bertz CT molecular complexity index is 416. The first-order valence-electron chi connectivity index (χ1n) is 6.73. The van der Waals surface area contributed by atoms with Crippen molar-refractivity contribution < 1.29 is 4.79 Å². The van der Waals surface area contributed by atoms with Crippen LogP contribution in [0.3, 0.4) is 0 Å². The zero-order valence-electron chi connectivity index (χ0n) is 11.2. The molecule has 0 aromatic carbocycles. The number of thiophene rings is 1. The molecule has 18 heavy (non-hydrogen) atoms. The van der Waals surface area contributed by atoms with E-state index in [0.717, 1.165) is 30.8 Å². The molecule has 100 valence electrons. The minimum absolute atomic E-state index is 0.201. The molecule has 0 spiro atoms. The SMILES string of the molecule is CCc1ccsc1C(=O)N1CCC(C)C(CN)C1. The zero-order chi connectivity index (χ0) is 13.1. The van der Waals surface area contributed by atoms with Gasteiger partial charge in [0, 0.05) is 13.1 Å². The quantitative estimate of drug-likeness (QED) is 0.913. The van der Waals surface area contributed by atoms with E-state index in [9.17, 15) is 4.79 Å². The van der Waals surface area contributed by atoms with Gasteiger partial charge in [-0.2, -0.15) is 0 Å². The average molecular weight is 266 g/mol. The number of carbonyl (C=O) groups excluding carboxylic acids is 1. The maximum atomic E-state index is 12.5. The highest BCUT2D eigenvalue weighted by Crippen LogP contribution is 2.26. The first kappa shape index (κ1) is 13.6. The second-order valence-electron chi connectivity index (χ2n) is 5.14. The number of amides is 1. The van der Waals surface area contributed by atoms with Crippen molar-refractivity contribution >= 4 is 17.2 Å². The van der Waals surface area contributed by atoms with E-state index in [1.807, 2.05) is 10.3 Å². The second-order valence-corrected chi connectivity index (χ2v) is 6.06. The van der Waals surface area contributed by atoms with Crippen molar-refractivity contribution in [1.29, 1.82) is 0 Å². The molecule has 1 aromatic heterocycles. The largest absolute Gasteiger partial charge is 0.338 e. The number of aryl methyl sites for hydroxylation is 1. The first-order valence-corrected chi connectivity index (χ1v) is 7.61. The Morgan fingerprint density at radius 3 is 3.06 bits per heavy atom. The highest BCUT2D eigenvalue weighted by atomic mass is 32.1. The minimum atomic E-state index is 0.201. The summed E-state index contributed by atoms with van der Waals surface area (Å²) in [5, 5.41) is 2.01. The van der Waals surface area contributed by atoms with Crippen LogP contribution >= 0.6 is 11.3 Å². The van der Waals surface area contributed by atoms with Crippen LogP contribution in [0.4, 0.5) is 0 Å². The Hall–Kier alpha value is -0.870. The fourth-order valence-electron chi connectivity index (χ4n) is 2.59. The van der Waals surface area contributed by atoms with Crippen LogP contribution in [0.1, 0.15) is 35.5 Å². The number of nitrogens with two attached hydrogens (primary N) is 1. The number of nitrogens with zero attached hydrogens (tertiary/aromatic N) is 1. The van der Waals surface area contributed by atoms with Gasteiger partial charge in [0.15, 0.2) is 0 Å². The van der Waals surface area contributed by atoms with Crippen molar-refractivity contribution in [2.75, 3.05) is 19.6 Å². The molecule has 1 amide bonds. The molecule has 2 heterocycles. The third-order valence-electron chi connectivity index (χ3n) is 4.03. The summed E-state index contributed by atoms with van der Waals surface area (Å²) in [6.07, 6.45) is 2.00. The number of likely N-dealkylation sites (tertiary alicyclic amines) is 1. The van der Waals surface area contributed by atoms with Crippen LogP contribution in [0.15, 0.2) is 11.4 Å². The molecule has 1 aliphatic heterocycles. The van der Waals surface area contributed by atoms with Crippen LogP contribution in [0.5, 0.6) is 0 Å². The fourth-order valence-corrected chi connectivity index (χ4v) is 3.55. The van der Waals surface area contributed by atoms with Gasteiger partial charge in [-0.15, -0.1) is 11.3 Å². The molecule has 1 aromatic rings. The third-order valence-corrected chi connectivity index (χ3v) is 4.97. The van der Waals surface area contributed by atoms with E-state index in [1.54, 1.807) is 11.3 Å². The van der Waals surface area contributed by atoms with E-state index < -0.39 is 0 Å². The van der Waals surface area contributed by atoms with Crippen molar-refractivity contribution in [2.24, 2.45) is 17.6 Å². The standard InChI is InChI=1S/C14H22N2OS/c1-3-11-5-7-18-13(11)14(17)16-6-4-10(2)12(8-15)9-16/h5,7,10,12H,3-4,6,8-9,15H2,1-2H3. The van der Waals surface area contributed by atoms with Gasteiger partial charge in [0.05, 0.1) is 4.88 Å². The van der Waals surface area contributed by atoms with Crippen molar-refractivity contribution in [3.63, 3.8) is 0 Å². The van der Waals surface area contributed by atoms with Gasteiger partial charge in [-0.3, -0.25) is 4.79 Å². The van der Waals surface area contributed by atoms with Crippen LogP contribution < -0.4 is 5.73 Å². The zero-order valence-corrected chi connectivity index (χ0v) is 12.0. The number of hydrogen-bond acceptors (Lipinski definition) is 3. The summed E-state index contributed by atoms with van der Waals surface area (Å²) >= 11 is 1.56. The van der Waals surface area contributed by atoms with Crippen molar-refractivity contribution in [3.8, 4) is 0 Å². The third kappa shape index (κ3) is 2.59. The van der Waals surface area contributed by atoms with Crippen LogP contribution in [-0.4, -0.2) is 30.4 Å². The molecule has 0 radical (unpaired) electrons. The Kier molecular flexibility index (Phi) is 4.40. The predicted molar refractivity (Wildman–Crippen MR) is 75.9 cm³/mol. The molecule has 0 saturated carbocycles. The molecular formula is C14H22N2OS. The van der Waals surface area contributed by atoms with Crippen LogP contribution in [-0.2, 0) is 6.42 Å². The van der Waals surface area contributed by atoms with Gasteiger partial charge in [0.1, 0.15) is 0 Å². The average Bonchev–Trinajstić information content (AvgIpc) is 2.86. The van der Waals surface area contributed by atoms with E-state index in [-0.39, 0.29) is 5.91 Å². The summed E-state index contributed by atoms with van der Waals surface area (Å²) in [5.74, 6) is 1.29. The van der Waals surface area contributed by atoms with Gasteiger partial charge in [-0.25, -0.2) is 0 Å². The topological polar surface area (TPSA) is 46.3 Å². The molecule has 1 fully saturated rings. The lowest BCUT2D eigenvalue weighted by Crippen LogP contribution is -2.45. The maximum Gasteiger partial charge on any atom is 0.264 e. The Morgan fingerprint density at radius 2 is 2.39 bits per heavy atom. The number of carbonyl (C=O) groups is 1. The van der Waals surface area contributed by atoms with Crippen molar-refractivity contribution in [2.45, 2.75) is 26.7 Å². The molecule has 1 aliphatic rings. The van der Waals surface area contributed by atoms with Gasteiger partial charge in [0.25, 0.3) is 5.91 Å². The lowest BCUT2D eigenvalue weighted by atomic mass is 9.87. The van der Waals surface area contributed by atoms with Crippen molar-refractivity contribution in [1.82, 2.24) is 4.90 Å². The van der Waals surface area contributed by atoms with Gasteiger partial charge in [0.2, 0.25) is 0 Å². The molecule has 1 saturated heterocycles. The van der Waals surface area contributed by atoms with Gasteiger partial charge >= 0.3 is 0 Å². The lowest BCUT2D eigenvalue weighted by Gasteiger charge is -2.36. The summed E-state index contributed by atoms with van der Waals surface area (Å²) in [6, 6.07) is 2.06. The minimum Gasteiger partial charge on any atom is -0.338 e. The molecule has 0 aliphatic carbocycles. The summed E-state index contributed by atoms with van der Waals surface area (Å²) in [5.41, 5.74) is 6.97. The molecular weight excluding hydrogens is 244 g/mol. The van der Waals surface area contributed by atoms with Crippen LogP contribution in [0.25, 0.3) is 0 Å². The second kappa shape index (κ2) is 5.85. The van der Waals surface area contributed by atoms with E-state index in [2.05, 4.69) is 19.9 Å². The molecule has 4 heteroatoms. The summed E-state index contributed by atoms with van der Waals surface area (Å²) in [6.45, 7) is 6.70. The predicted octanol–water partition coefficient (Wildman–Crippen LogP) is 2.37. The number of piperidine rings is 1. The van der Waals surface area contributed by atoms with E-state index in [1.165, 1.54) is 5.56 Å². The summed E-state index contributed by atoms with van der Waals surface area (Å²) in [7, 11) is 0. The molecule has 2 N–H and O–H groups in total. The summed E-state index contributed by atoms with van der Waals surface area (Å²) in [4.78, 5) is 15.4. The Morgan fingerprint density at radius 1 is 1.61 bits per heavy atom. The van der Waals surface area contributed by atoms with Gasteiger partial charge < -0.3 is 10.6 Å². The molecule has 3 nitrogen and oxygen atoms in total. The van der Waals surface area contributed by atoms with E-state index >= 15 is 0 Å². The van der Waals surface area contributed by atoms with Gasteiger partial charge in [-0.05, 0) is 48.2 Å². The maximum absolute atomic E-state index is 12.5. The molecule has 2 rings (SSSR count).